The minimum atomic E-state index is -0.209. The smallest absolute Gasteiger partial charge is 0.216 e. The van der Waals surface area contributed by atoms with Crippen LogP contribution in [-0.4, -0.2) is 47.1 Å². The second-order valence-electron chi connectivity index (χ2n) is 3.17. The van der Waals surface area contributed by atoms with Crippen LogP contribution in [0.2, 0.25) is 0 Å². The maximum Gasteiger partial charge on any atom is 0.216 e. The van der Waals surface area contributed by atoms with E-state index in [-0.39, 0.29) is 22.6 Å². The van der Waals surface area contributed by atoms with Crippen molar-refractivity contribution in [1.29, 1.82) is 0 Å². The van der Waals surface area contributed by atoms with E-state index in [9.17, 15) is 19.2 Å². The van der Waals surface area contributed by atoms with Crippen molar-refractivity contribution in [1.82, 2.24) is 10.6 Å². The molecule has 0 radical (unpaired) electrons. The second-order valence-corrected chi connectivity index (χ2v) is 5.48. The number of hydrogen-bond donors (Lipinski definition) is 2. The monoisotopic (exact) mass is 292 g/mol. The van der Waals surface area contributed by atoms with Crippen LogP contribution in [0.15, 0.2) is 0 Å². The highest BCUT2D eigenvalue weighted by Crippen LogP contribution is 2.11. The number of carbonyl (C=O) groups is 4. The van der Waals surface area contributed by atoms with Crippen LogP contribution in [0.5, 0.6) is 0 Å². The summed E-state index contributed by atoms with van der Waals surface area (Å²) < 4.78 is 0. The molecule has 0 fully saturated rings. The molecule has 2 amide bonds. The molecule has 0 aromatic carbocycles. The fourth-order valence-electron chi connectivity index (χ4n) is 0.895. The molecule has 0 atom stereocenters. The molecule has 0 aliphatic carbocycles. The summed E-state index contributed by atoms with van der Waals surface area (Å²) in [6, 6.07) is 0. The summed E-state index contributed by atoms with van der Waals surface area (Å²) in [5, 5.41) is 4.57. The SMILES string of the molecule is CC(=O)NCCSC(=O)CC(=O)SCCNC=O. The minimum absolute atomic E-state index is 0.128. The maximum absolute atomic E-state index is 11.3. The number of amides is 2. The van der Waals surface area contributed by atoms with Crippen molar-refractivity contribution in [2.75, 3.05) is 24.6 Å². The van der Waals surface area contributed by atoms with Crippen molar-refractivity contribution in [2.45, 2.75) is 13.3 Å². The van der Waals surface area contributed by atoms with Crippen molar-refractivity contribution in [3.05, 3.63) is 0 Å². The lowest BCUT2D eigenvalue weighted by Crippen LogP contribution is -2.22. The lowest BCUT2D eigenvalue weighted by molar-refractivity contribution is -0.119. The first-order chi connectivity index (χ1) is 8.56. The van der Waals surface area contributed by atoms with Gasteiger partial charge in [-0.15, -0.1) is 0 Å². The van der Waals surface area contributed by atoms with Crippen LogP contribution in [0, 0.1) is 0 Å². The Morgan fingerprint density at radius 1 is 1.06 bits per heavy atom. The Bertz CT molecular complexity index is 310. The predicted molar refractivity (Wildman–Crippen MR) is 72.3 cm³/mol. The zero-order valence-corrected chi connectivity index (χ0v) is 11.7. The summed E-state index contributed by atoms with van der Waals surface area (Å²) in [5.41, 5.74) is 0. The number of hydrogen-bond acceptors (Lipinski definition) is 6. The van der Waals surface area contributed by atoms with E-state index in [1.54, 1.807) is 0 Å². The molecule has 8 heteroatoms. The van der Waals surface area contributed by atoms with Gasteiger partial charge >= 0.3 is 0 Å². The fraction of sp³-hybridized carbons (Fsp3) is 0.600. The van der Waals surface area contributed by atoms with Gasteiger partial charge < -0.3 is 10.6 Å². The van der Waals surface area contributed by atoms with E-state index >= 15 is 0 Å². The van der Waals surface area contributed by atoms with Crippen LogP contribution in [0.1, 0.15) is 13.3 Å². The molecule has 0 rings (SSSR count). The molecule has 0 aliphatic rings. The van der Waals surface area contributed by atoms with Gasteiger partial charge in [-0.1, -0.05) is 23.5 Å². The highest BCUT2D eigenvalue weighted by molar-refractivity contribution is 8.15. The Morgan fingerprint density at radius 3 is 2.11 bits per heavy atom. The number of nitrogens with one attached hydrogen (secondary N) is 2. The van der Waals surface area contributed by atoms with Crippen LogP contribution < -0.4 is 10.6 Å². The quantitative estimate of drug-likeness (QED) is 0.347. The van der Waals surface area contributed by atoms with E-state index < -0.39 is 0 Å². The van der Waals surface area contributed by atoms with E-state index in [1.807, 2.05) is 0 Å². The molecule has 0 saturated heterocycles. The molecule has 18 heavy (non-hydrogen) atoms. The minimum Gasteiger partial charge on any atom is -0.358 e. The Hall–Kier alpha value is -1.02. The molecule has 0 heterocycles. The number of thioether (sulfide) groups is 2. The first-order valence-corrected chi connectivity index (χ1v) is 7.26. The van der Waals surface area contributed by atoms with Crippen LogP contribution in [-0.2, 0) is 19.2 Å². The normalized spacial score (nSPS) is 9.61. The van der Waals surface area contributed by atoms with E-state index in [0.29, 0.717) is 31.0 Å². The van der Waals surface area contributed by atoms with Crippen LogP contribution in [0.3, 0.4) is 0 Å². The first-order valence-electron chi connectivity index (χ1n) is 5.29. The van der Waals surface area contributed by atoms with Gasteiger partial charge in [-0.3, -0.25) is 19.2 Å². The molecule has 0 aromatic heterocycles. The lowest BCUT2D eigenvalue weighted by atomic mass is 10.5. The van der Waals surface area contributed by atoms with Gasteiger partial charge in [0.05, 0.1) is 6.42 Å². The molecule has 0 spiro atoms. The Kier molecular flexibility index (Phi) is 10.5. The highest BCUT2D eigenvalue weighted by atomic mass is 32.2. The lowest BCUT2D eigenvalue weighted by Gasteiger charge is -2.02. The van der Waals surface area contributed by atoms with E-state index in [4.69, 9.17) is 0 Å². The molecular weight excluding hydrogens is 276 g/mol. The first kappa shape index (κ1) is 17.0. The number of rotatable bonds is 9. The Morgan fingerprint density at radius 2 is 1.61 bits per heavy atom. The van der Waals surface area contributed by atoms with Gasteiger partial charge in [0.25, 0.3) is 0 Å². The van der Waals surface area contributed by atoms with Crippen LogP contribution in [0.25, 0.3) is 0 Å². The number of carbonyl (C=O) groups excluding carboxylic acids is 4. The summed E-state index contributed by atoms with van der Waals surface area (Å²) in [6.45, 7) is 2.22. The largest absolute Gasteiger partial charge is 0.358 e. The van der Waals surface area contributed by atoms with Gasteiger partial charge in [0.15, 0.2) is 10.2 Å². The Labute approximate surface area is 114 Å². The van der Waals surface area contributed by atoms with E-state index in [2.05, 4.69) is 10.6 Å². The average Bonchev–Trinajstić information content (AvgIpc) is 2.30. The van der Waals surface area contributed by atoms with Crippen molar-refractivity contribution < 1.29 is 19.2 Å². The molecule has 102 valence electrons. The standard InChI is InChI=1S/C10H16N2O4S2/c1-8(14)12-3-5-18-10(16)6-9(15)17-4-2-11-7-13/h7H,2-6H2,1H3,(H,11,13)(H,12,14). The third kappa shape index (κ3) is 11.5. The zero-order valence-electron chi connectivity index (χ0n) is 10.1. The highest BCUT2D eigenvalue weighted by Gasteiger charge is 2.10. The molecule has 0 aromatic rings. The zero-order chi connectivity index (χ0) is 13.8. The molecule has 0 bridgehead atoms. The van der Waals surface area contributed by atoms with Gasteiger partial charge in [-0.25, -0.2) is 0 Å². The van der Waals surface area contributed by atoms with Gasteiger partial charge in [-0.05, 0) is 0 Å². The van der Waals surface area contributed by atoms with Crippen molar-refractivity contribution in [2.24, 2.45) is 0 Å². The molecule has 0 aliphatic heterocycles. The van der Waals surface area contributed by atoms with Gasteiger partial charge in [0.2, 0.25) is 12.3 Å². The van der Waals surface area contributed by atoms with Crippen LogP contribution >= 0.6 is 23.5 Å². The molecule has 0 saturated carbocycles. The van der Waals surface area contributed by atoms with E-state index in [1.165, 1.54) is 6.92 Å². The summed E-state index contributed by atoms with van der Waals surface area (Å²) in [6.07, 6.45) is 0.435. The molecule has 6 nitrogen and oxygen atoms in total. The van der Waals surface area contributed by atoms with Gasteiger partial charge in [0.1, 0.15) is 0 Å². The summed E-state index contributed by atoms with van der Waals surface area (Å²) in [5.74, 6) is 0.780. The molecule has 0 unspecified atom stereocenters. The third-order valence-electron chi connectivity index (χ3n) is 1.62. The second kappa shape index (κ2) is 11.1. The summed E-state index contributed by atoms with van der Waals surface area (Å²) in [7, 11) is 0. The van der Waals surface area contributed by atoms with Crippen LogP contribution in [0.4, 0.5) is 0 Å². The van der Waals surface area contributed by atoms with Crippen molar-refractivity contribution in [3.8, 4) is 0 Å². The summed E-state index contributed by atoms with van der Waals surface area (Å²) in [4.78, 5) is 43.1. The molecular formula is C10H16N2O4S2. The maximum atomic E-state index is 11.3. The predicted octanol–water partition coefficient (Wildman–Crippen LogP) is -0.222. The Balaban J connectivity index is 3.52. The summed E-state index contributed by atoms with van der Waals surface area (Å²) >= 11 is 2.06. The molecule has 2 N–H and O–H groups in total. The average molecular weight is 292 g/mol. The van der Waals surface area contributed by atoms with E-state index in [0.717, 1.165) is 23.5 Å². The van der Waals surface area contributed by atoms with Gasteiger partial charge in [-0.2, -0.15) is 0 Å². The van der Waals surface area contributed by atoms with Crippen molar-refractivity contribution in [3.63, 3.8) is 0 Å². The topological polar surface area (TPSA) is 92.3 Å². The fourth-order valence-corrected chi connectivity index (χ4v) is 2.33. The van der Waals surface area contributed by atoms with Gasteiger partial charge in [0, 0.05) is 31.5 Å². The third-order valence-corrected chi connectivity index (χ3v) is 3.37. The van der Waals surface area contributed by atoms with Crippen molar-refractivity contribution >= 4 is 46.1 Å².